The van der Waals surface area contributed by atoms with Gasteiger partial charge in [0, 0.05) is 24.4 Å². The van der Waals surface area contributed by atoms with Gasteiger partial charge in [-0.3, -0.25) is 9.48 Å². The third kappa shape index (κ3) is 5.19. The number of sulfonamides is 1. The van der Waals surface area contributed by atoms with Crippen LogP contribution in [0.4, 0.5) is 4.39 Å². The van der Waals surface area contributed by atoms with Gasteiger partial charge in [-0.25, -0.2) is 12.8 Å². The lowest BCUT2D eigenvalue weighted by atomic mass is 10.1. The minimum Gasteiger partial charge on any atom is -0.491 e. The Bertz CT molecular complexity index is 1390. The summed E-state index contributed by atoms with van der Waals surface area (Å²) in [5.41, 5.74) is 0.642. The molecule has 0 aliphatic carbocycles. The second kappa shape index (κ2) is 10.2. The van der Waals surface area contributed by atoms with Crippen LogP contribution in [0.1, 0.15) is 25.6 Å². The molecule has 0 saturated carbocycles. The molecule has 36 heavy (non-hydrogen) atoms. The summed E-state index contributed by atoms with van der Waals surface area (Å²) in [4.78, 5) is 16.3. The molecule has 0 amide bonds. The monoisotopic (exact) mass is 518 g/mol. The molecule has 2 heterocycles. The van der Waals surface area contributed by atoms with Crippen LogP contribution in [-0.4, -0.2) is 66.1 Å². The van der Waals surface area contributed by atoms with E-state index in [4.69, 9.17) is 9.57 Å². The summed E-state index contributed by atoms with van der Waals surface area (Å²) in [6.07, 6.45) is 1.09. The van der Waals surface area contributed by atoms with Gasteiger partial charge in [0.05, 0.1) is 40.9 Å². The lowest BCUT2D eigenvalue weighted by Gasteiger charge is -2.18. The van der Waals surface area contributed by atoms with Gasteiger partial charge < -0.3 is 14.7 Å². The van der Waals surface area contributed by atoms with Crippen molar-refractivity contribution >= 4 is 33.1 Å². The Kier molecular flexibility index (Phi) is 7.27. The number of oxime groups is 1. The van der Waals surface area contributed by atoms with Crippen LogP contribution in [0, 0.1) is 11.7 Å². The van der Waals surface area contributed by atoms with E-state index in [-0.39, 0.29) is 36.2 Å². The average molecular weight is 519 g/mol. The molecule has 0 unspecified atom stereocenters. The zero-order valence-electron chi connectivity index (χ0n) is 20.0. The Morgan fingerprint density at radius 2 is 1.97 bits per heavy atom. The zero-order valence-corrected chi connectivity index (χ0v) is 20.9. The molecule has 1 aliphatic rings. The highest BCUT2D eigenvalue weighted by atomic mass is 32.2. The van der Waals surface area contributed by atoms with Crippen molar-refractivity contribution in [3.05, 3.63) is 54.0 Å². The number of carboxylic acid groups (broad SMARTS) is 1. The minimum absolute atomic E-state index is 0.0206. The number of carboxylic acids is 1. The lowest BCUT2D eigenvalue weighted by Crippen LogP contribution is -2.29. The van der Waals surface area contributed by atoms with Crippen molar-refractivity contribution in [2.45, 2.75) is 37.3 Å². The lowest BCUT2D eigenvalue weighted by molar-refractivity contribution is -0.136. The minimum atomic E-state index is -3.89. The zero-order chi connectivity index (χ0) is 26.0. The molecule has 10 nitrogen and oxygen atoms in total. The first-order valence-corrected chi connectivity index (χ1v) is 12.8. The number of carbonyl (C=O) groups is 1. The molecule has 1 fully saturated rings. The molecule has 1 N–H and O–H groups in total. The van der Waals surface area contributed by atoms with Gasteiger partial charge in [0.1, 0.15) is 18.7 Å². The van der Waals surface area contributed by atoms with Crippen LogP contribution in [0.3, 0.4) is 0 Å². The van der Waals surface area contributed by atoms with E-state index in [1.807, 2.05) is 13.8 Å². The first kappa shape index (κ1) is 25.6. The van der Waals surface area contributed by atoms with Gasteiger partial charge in [0.25, 0.3) is 0 Å². The summed E-state index contributed by atoms with van der Waals surface area (Å²) in [5, 5.41) is 18.1. The van der Waals surface area contributed by atoms with Crippen LogP contribution < -0.4 is 4.74 Å². The van der Waals surface area contributed by atoms with E-state index in [2.05, 4.69) is 10.3 Å². The molecule has 0 bridgehead atoms. The standard InChI is InChI=1S/C24H27FN4O6S/c1-15(2)35-18-5-7-19(8-6-18)36(32,33)28-13-16(12-26-34-3)23(14-28)29-22-10-17(25)4-9-20(22)21(27-29)11-24(30)31/h4-10,12,15-16,23H,11,13-14H2,1-3H3,(H,30,31)/b26-12+/t16-,23+/m1/s1. The highest BCUT2D eigenvalue weighted by Crippen LogP contribution is 2.35. The molecule has 1 saturated heterocycles. The maximum absolute atomic E-state index is 14.2. The number of halogens is 1. The summed E-state index contributed by atoms with van der Waals surface area (Å²) < 4.78 is 49.5. The fourth-order valence-electron chi connectivity index (χ4n) is 4.33. The average Bonchev–Trinajstić information content (AvgIpc) is 3.39. The van der Waals surface area contributed by atoms with Crippen LogP contribution in [0.25, 0.3) is 10.9 Å². The number of benzene rings is 2. The van der Waals surface area contributed by atoms with Gasteiger partial charge in [-0.05, 0) is 56.3 Å². The molecule has 0 spiro atoms. The molecule has 1 aliphatic heterocycles. The Morgan fingerprint density at radius 3 is 2.61 bits per heavy atom. The topological polar surface area (TPSA) is 123 Å². The van der Waals surface area contributed by atoms with Crippen LogP contribution in [0.15, 0.2) is 52.5 Å². The van der Waals surface area contributed by atoms with E-state index >= 15 is 0 Å². The number of fused-ring (bicyclic) bond motifs is 1. The maximum atomic E-state index is 14.2. The molecular formula is C24H27FN4O6S. The fourth-order valence-corrected chi connectivity index (χ4v) is 5.83. The summed E-state index contributed by atoms with van der Waals surface area (Å²) in [6, 6.07) is 9.59. The second-order valence-corrected chi connectivity index (χ2v) is 10.7. The predicted molar refractivity (Wildman–Crippen MR) is 130 cm³/mol. The molecule has 4 rings (SSSR count). The van der Waals surface area contributed by atoms with Crippen LogP contribution in [0.5, 0.6) is 5.75 Å². The van der Waals surface area contributed by atoms with E-state index < -0.39 is 33.8 Å². The predicted octanol–water partition coefficient (Wildman–Crippen LogP) is 3.08. The summed E-state index contributed by atoms with van der Waals surface area (Å²) in [6.45, 7) is 3.86. The molecular weight excluding hydrogens is 491 g/mol. The first-order valence-electron chi connectivity index (χ1n) is 11.3. The van der Waals surface area contributed by atoms with Crippen LogP contribution >= 0.6 is 0 Å². The highest BCUT2D eigenvalue weighted by Gasteiger charge is 2.41. The van der Waals surface area contributed by atoms with E-state index in [1.165, 1.54) is 52.6 Å². The Labute approximate surface area is 208 Å². The van der Waals surface area contributed by atoms with Crippen molar-refractivity contribution in [1.29, 1.82) is 0 Å². The van der Waals surface area contributed by atoms with Crippen molar-refractivity contribution in [1.82, 2.24) is 14.1 Å². The highest BCUT2D eigenvalue weighted by molar-refractivity contribution is 7.89. The molecule has 3 aromatic rings. The molecule has 12 heteroatoms. The summed E-state index contributed by atoms with van der Waals surface area (Å²) >= 11 is 0. The number of hydrogen-bond acceptors (Lipinski definition) is 7. The van der Waals surface area contributed by atoms with E-state index in [9.17, 15) is 22.7 Å². The van der Waals surface area contributed by atoms with Crippen molar-refractivity contribution in [3.8, 4) is 5.75 Å². The van der Waals surface area contributed by atoms with Crippen LogP contribution in [-0.2, 0) is 26.1 Å². The maximum Gasteiger partial charge on any atom is 0.309 e. The number of hydrogen-bond donors (Lipinski definition) is 1. The van der Waals surface area contributed by atoms with Gasteiger partial charge in [-0.15, -0.1) is 0 Å². The van der Waals surface area contributed by atoms with Gasteiger partial charge in [-0.1, -0.05) is 5.16 Å². The first-order chi connectivity index (χ1) is 17.1. The van der Waals surface area contributed by atoms with Crippen molar-refractivity contribution in [2.24, 2.45) is 11.1 Å². The van der Waals surface area contributed by atoms with E-state index in [1.54, 1.807) is 12.1 Å². The molecule has 2 atom stereocenters. The van der Waals surface area contributed by atoms with Gasteiger partial charge >= 0.3 is 5.97 Å². The summed E-state index contributed by atoms with van der Waals surface area (Å²) in [7, 11) is -2.52. The number of ether oxygens (including phenoxy) is 1. The number of nitrogens with zero attached hydrogens (tertiary/aromatic N) is 4. The van der Waals surface area contributed by atoms with E-state index in [0.717, 1.165) is 0 Å². The molecule has 192 valence electrons. The molecule has 2 aromatic carbocycles. The number of aromatic nitrogens is 2. The quantitative estimate of drug-likeness (QED) is 0.341. The van der Waals surface area contributed by atoms with Crippen molar-refractivity contribution < 1.29 is 32.3 Å². The Hall–Kier alpha value is -3.51. The third-order valence-corrected chi connectivity index (χ3v) is 7.72. The Balaban J connectivity index is 1.72. The number of rotatable bonds is 9. The van der Waals surface area contributed by atoms with Gasteiger partial charge in [-0.2, -0.15) is 9.40 Å². The fraction of sp³-hybridized carbons (Fsp3) is 0.375. The molecule has 1 aromatic heterocycles. The normalized spacial score (nSPS) is 18.9. The third-order valence-electron chi connectivity index (χ3n) is 5.87. The van der Waals surface area contributed by atoms with Crippen molar-refractivity contribution in [3.63, 3.8) is 0 Å². The smallest absolute Gasteiger partial charge is 0.309 e. The van der Waals surface area contributed by atoms with Gasteiger partial charge in [0.2, 0.25) is 10.0 Å². The summed E-state index contributed by atoms with van der Waals surface area (Å²) in [5.74, 6) is -1.50. The van der Waals surface area contributed by atoms with E-state index in [0.29, 0.717) is 16.7 Å². The number of aliphatic carboxylic acids is 1. The van der Waals surface area contributed by atoms with Crippen LogP contribution in [0.2, 0.25) is 0 Å². The largest absolute Gasteiger partial charge is 0.491 e. The second-order valence-electron chi connectivity index (χ2n) is 8.75. The van der Waals surface area contributed by atoms with Gasteiger partial charge in [0.15, 0.2) is 0 Å². The van der Waals surface area contributed by atoms with Crippen molar-refractivity contribution in [2.75, 3.05) is 20.2 Å². The SMILES string of the molecule is CO/N=C/[C@@H]1CN(S(=O)(=O)c2ccc(OC(C)C)cc2)C[C@@H]1n1nc(CC(=O)O)c2ccc(F)cc21. The molecule has 0 radical (unpaired) electrons. The Morgan fingerprint density at radius 1 is 1.25 bits per heavy atom.